The molecular formula is C15H22OS. The van der Waals surface area contributed by atoms with Crippen molar-refractivity contribution in [1.29, 1.82) is 0 Å². The Morgan fingerprint density at radius 2 is 1.76 bits per heavy atom. The molecule has 0 N–H and O–H groups in total. The van der Waals surface area contributed by atoms with Gasteiger partial charge in [-0.05, 0) is 11.7 Å². The average Bonchev–Trinajstić information content (AvgIpc) is 2.35. The lowest BCUT2D eigenvalue weighted by Crippen LogP contribution is -2.28. The number of ketones is 1. The van der Waals surface area contributed by atoms with Crippen molar-refractivity contribution in [1.82, 2.24) is 0 Å². The first-order valence-corrected chi connectivity index (χ1v) is 7.33. The quantitative estimate of drug-likeness (QED) is 0.701. The molecule has 0 aliphatic rings. The third-order valence-corrected chi connectivity index (χ3v) is 4.65. The largest absolute Gasteiger partial charge is 0.294 e. The lowest BCUT2D eigenvalue weighted by atomic mass is 9.91. The van der Waals surface area contributed by atoms with Gasteiger partial charge in [-0.1, -0.05) is 58.0 Å². The van der Waals surface area contributed by atoms with Gasteiger partial charge in [-0.15, -0.1) is 0 Å². The van der Waals surface area contributed by atoms with Crippen molar-refractivity contribution >= 4 is 17.5 Å². The molecule has 0 unspecified atom stereocenters. The zero-order chi connectivity index (χ0) is 12.8. The second-order valence-electron chi connectivity index (χ2n) is 4.68. The number of hydrogen-bond donors (Lipinski definition) is 0. The van der Waals surface area contributed by atoms with Crippen molar-refractivity contribution in [2.45, 2.75) is 32.9 Å². The zero-order valence-electron chi connectivity index (χ0n) is 11.1. The molecule has 0 aliphatic carbocycles. The first-order valence-electron chi connectivity index (χ1n) is 6.28. The molecule has 0 aromatic heterocycles. The van der Waals surface area contributed by atoms with Gasteiger partial charge in [0, 0.05) is 16.7 Å². The predicted molar refractivity (Wildman–Crippen MR) is 76.7 cm³/mol. The van der Waals surface area contributed by atoms with E-state index in [1.165, 1.54) is 0 Å². The van der Waals surface area contributed by atoms with Crippen LogP contribution in [0.2, 0.25) is 0 Å². The van der Waals surface area contributed by atoms with Crippen LogP contribution >= 0.6 is 11.8 Å². The molecule has 0 saturated heterocycles. The number of carbonyl (C=O) groups excluding carboxylic acids is 1. The number of hydrogen-bond acceptors (Lipinski definition) is 2. The van der Waals surface area contributed by atoms with Crippen molar-refractivity contribution in [3.05, 3.63) is 35.9 Å². The summed E-state index contributed by atoms with van der Waals surface area (Å²) in [5.74, 6) is 1.95. The fraction of sp³-hybridized carbons (Fsp3) is 0.533. The van der Waals surface area contributed by atoms with Crippen LogP contribution in [-0.2, 0) is 0 Å². The number of benzene rings is 1. The molecule has 1 aromatic rings. The molecule has 2 atom stereocenters. The summed E-state index contributed by atoms with van der Waals surface area (Å²) in [6.45, 7) is 8.60. The third-order valence-electron chi connectivity index (χ3n) is 2.98. The third kappa shape index (κ3) is 3.88. The fourth-order valence-corrected chi connectivity index (χ4v) is 3.30. The molecular weight excluding hydrogens is 228 g/mol. The van der Waals surface area contributed by atoms with E-state index in [0.29, 0.717) is 11.2 Å². The summed E-state index contributed by atoms with van der Waals surface area (Å²) in [4.78, 5) is 12.4. The van der Waals surface area contributed by atoms with E-state index in [-0.39, 0.29) is 11.7 Å². The van der Waals surface area contributed by atoms with Gasteiger partial charge in [-0.2, -0.15) is 11.8 Å². The Bertz CT molecular complexity index is 345. The lowest BCUT2D eigenvalue weighted by Gasteiger charge is -2.25. The van der Waals surface area contributed by atoms with Gasteiger partial charge in [0.15, 0.2) is 5.78 Å². The van der Waals surface area contributed by atoms with Gasteiger partial charge in [-0.25, -0.2) is 0 Å². The molecule has 0 spiro atoms. The topological polar surface area (TPSA) is 17.1 Å². The summed E-state index contributed by atoms with van der Waals surface area (Å²) < 4.78 is 0. The summed E-state index contributed by atoms with van der Waals surface area (Å²) in [6.07, 6.45) is 0. The van der Waals surface area contributed by atoms with Crippen LogP contribution in [0.4, 0.5) is 0 Å². The lowest BCUT2D eigenvalue weighted by molar-refractivity contribution is 0.0920. The number of carbonyl (C=O) groups is 1. The minimum atomic E-state index is 0.0855. The Hall–Kier alpha value is -0.760. The smallest absolute Gasteiger partial charge is 0.166 e. The highest BCUT2D eigenvalue weighted by Crippen LogP contribution is 2.29. The highest BCUT2D eigenvalue weighted by atomic mass is 32.2. The standard InChI is InChI=1S/C15H22OS/c1-5-17-15(11(2)3)12(4)14(16)13-9-7-6-8-10-13/h6-12,15H,5H2,1-4H3/t12-,15-/m0/s1. The van der Waals surface area contributed by atoms with Crippen molar-refractivity contribution in [2.75, 3.05) is 5.75 Å². The van der Waals surface area contributed by atoms with E-state index < -0.39 is 0 Å². The van der Waals surface area contributed by atoms with Crippen LogP contribution in [0.3, 0.4) is 0 Å². The van der Waals surface area contributed by atoms with Gasteiger partial charge in [0.25, 0.3) is 0 Å². The molecule has 1 rings (SSSR count). The van der Waals surface area contributed by atoms with Crippen molar-refractivity contribution < 1.29 is 4.79 Å². The van der Waals surface area contributed by atoms with Gasteiger partial charge in [-0.3, -0.25) is 4.79 Å². The van der Waals surface area contributed by atoms with E-state index in [1.54, 1.807) is 0 Å². The Labute approximate surface area is 109 Å². The van der Waals surface area contributed by atoms with Crippen LogP contribution in [0.1, 0.15) is 38.1 Å². The summed E-state index contributed by atoms with van der Waals surface area (Å²) in [5, 5.41) is 0.410. The van der Waals surface area contributed by atoms with Gasteiger partial charge < -0.3 is 0 Å². The van der Waals surface area contributed by atoms with E-state index in [1.807, 2.05) is 42.1 Å². The Balaban J connectivity index is 2.80. The maximum absolute atomic E-state index is 12.4. The molecule has 1 aromatic carbocycles. The molecule has 0 bridgehead atoms. The van der Waals surface area contributed by atoms with Crippen LogP contribution in [0.25, 0.3) is 0 Å². The molecule has 17 heavy (non-hydrogen) atoms. The molecule has 0 amide bonds. The van der Waals surface area contributed by atoms with E-state index >= 15 is 0 Å². The maximum Gasteiger partial charge on any atom is 0.166 e. The van der Waals surface area contributed by atoms with Gasteiger partial charge in [0.05, 0.1) is 0 Å². The Morgan fingerprint density at radius 1 is 1.18 bits per heavy atom. The highest BCUT2D eigenvalue weighted by molar-refractivity contribution is 7.99. The Morgan fingerprint density at radius 3 is 2.24 bits per heavy atom. The summed E-state index contributed by atoms with van der Waals surface area (Å²) in [5.41, 5.74) is 0.836. The van der Waals surface area contributed by atoms with E-state index in [9.17, 15) is 4.79 Å². The highest BCUT2D eigenvalue weighted by Gasteiger charge is 2.27. The van der Waals surface area contributed by atoms with Crippen LogP contribution in [0.5, 0.6) is 0 Å². The van der Waals surface area contributed by atoms with Crippen LogP contribution < -0.4 is 0 Å². The molecule has 94 valence electrons. The minimum Gasteiger partial charge on any atom is -0.294 e. The number of thioether (sulfide) groups is 1. The monoisotopic (exact) mass is 250 g/mol. The van der Waals surface area contributed by atoms with E-state index in [0.717, 1.165) is 11.3 Å². The molecule has 0 saturated carbocycles. The molecule has 2 heteroatoms. The number of rotatable bonds is 6. The molecule has 0 aliphatic heterocycles. The first kappa shape index (κ1) is 14.3. The summed E-state index contributed by atoms with van der Waals surface area (Å²) in [6, 6.07) is 9.62. The van der Waals surface area contributed by atoms with Gasteiger partial charge in [0.1, 0.15) is 0 Å². The molecule has 1 nitrogen and oxygen atoms in total. The SMILES string of the molecule is CCS[C@@H](C(C)C)[C@@H](C)C(=O)c1ccccc1. The van der Waals surface area contributed by atoms with Crippen molar-refractivity contribution in [3.63, 3.8) is 0 Å². The van der Waals surface area contributed by atoms with E-state index in [4.69, 9.17) is 0 Å². The number of Topliss-reactive ketones (excluding diaryl/α,β-unsaturated/α-hetero) is 1. The first-order chi connectivity index (χ1) is 8.07. The second kappa shape index (κ2) is 6.85. The maximum atomic E-state index is 12.4. The summed E-state index contributed by atoms with van der Waals surface area (Å²) >= 11 is 1.89. The van der Waals surface area contributed by atoms with Crippen LogP contribution in [0, 0.1) is 11.8 Å². The normalized spacial score (nSPS) is 14.6. The Kier molecular flexibility index (Phi) is 5.76. The minimum absolute atomic E-state index is 0.0855. The fourth-order valence-electron chi connectivity index (χ4n) is 2.12. The second-order valence-corrected chi connectivity index (χ2v) is 6.14. The van der Waals surface area contributed by atoms with E-state index in [2.05, 4.69) is 27.7 Å². The van der Waals surface area contributed by atoms with Gasteiger partial charge >= 0.3 is 0 Å². The molecule has 0 radical (unpaired) electrons. The zero-order valence-corrected chi connectivity index (χ0v) is 12.0. The molecule has 0 fully saturated rings. The van der Waals surface area contributed by atoms with Gasteiger partial charge in [0.2, 0.25) is 0 Å². The van der Waals surface area contributed by atoms with Crippen LogP contribution in [0.15, 0.2) is 30.3 Å². The molecule has 0 heterocycles. The van der Waals surface area contributed by atoms with Crippen molar-refractivity contribution in [2.24, 2.45) is 11.8 Å². The predicted octanol–water partition coefficient (Wildman–Crippen LogP) is 4.28. The van der Waals surface area contributed by atoms with Crippen molar-refractivity contribution in [3.8, 4) is 0 Å². The summed E-state index contributed by atoms with van der Waals surface area (Å²) in [7, 11) is 0. The van der Waals surface area contributed by atoms with Crippen LogP contribution in [-0.4, -0.2) is 16.8 Å². The average molecular weight is 250 g/mol.